The first-order valence-electron chi connectivity index (χ1n) is 5.21. The van der Waals surface area contributed by atoms with Gasteiger partial charge in [0.05, 0.1) is 6.42 Å². The molecule has 0 saturated carbocycles. The predicted octanol–water partition coefficient (Wildman–Crippen LogP) is 0.391. The van der Waals surface area contributed by atoms with Crippen LogP contribution in [0.3, 0.4) is 0 Å². The van der Waals surface area contributed by atoms with Crippen molar-refractivity contribution in [2.24, 2.45) is 5.92 Å². The minimum atomic E-state index is -0.711. The zero-order chi connectivity index (χ0) is 10.6. The Kier molecular flexibility index (Phi) is 4.35. The average molecular weight is 200 g/mol. The van der Waals surface area contributed by atoms with E-state index in [1.54, 1.807) is 0 Å². The molecule has 1 aliphatic heterocycles. The Balaban J connectivity index is 2.46. The van der Waals surface area contributed by atoms with Crippen molar-refractivity contribution in [3.05, 3.63) is 0 Å². The molecule has 0 bridgehead atoms. The van der Waals surface area contributed by atoms with Crippen LogP contribution in [0.25, 0.3) is 0 Å². The smallest absolute Gasteiger partial charge is 0.304 e. The van der Waals surface area contributed by atoms with Crippen LogP contribution in [0.2, 0.25) is 0 Å². The van der Waals surface area contributed by atoms with Gasteiger partial charge in [0.15, 0.2) is 0 Å². The SMILES string of the molecule is CNC(CC(=O)O)C1CCCN(C)C1. The van der Waals surface area contributed by atoms with Crippen molar-refractivity contribution in [1.82, 2.24) is 10.2 Å². The lowest BCUT2D eigenvalue weighted by Gasteiger charge is -2.34. The molecule has 1 heterocycles. The van der Waals surface area contributed by atoms with Gasteiger partial charge in [0.1, 0.15) is 0 Å². The molecule has 0 amide bonds. The molecule has 1 saturated heterocycles. The summed E-state index contributed by atoms with van der Waals surface area (Å²) in [7, 11) is 3.95. The van der Waals surface area contributed by atoms with Crippen molar-refractivity contribution in [3.8, 4) is 0 Å². The number of aliphatic carboxylic acids is 1. The maximum atomic E-state index is 10.6. The van der Waals surface area contributed by atoms with Crippen LogP contribution >= 0.6 is 0 Å². The van der Waals surface area contributed by atoms with Gasteiger partial charge in [-0.15, -0.1) is 0 Å². The monoisotopic (exact) mass is 200 g/mol. The molecule has 0 aromatic heterocycles. The highest BCUT2D eigenvalue weighted by atomic mass is 16.4. The lowest BCUT2D eigenvalue weighted by molar-refractivity contribution is -0.138. The summed E-state index contributed by atoms with van der Waals surface area (Å²) in [5.74, 6) is -0.229. The molecule has 0 spiro atoms. The molecule has 1 fully saturated rings. The van der Waals surface area contributed by atoms with Gasteiger partial charge < -0.3 is 15.3 Å². The van der Waals surface area contributed by atoms with Crippen LogP contribution in [0.4, 0.5) is 0 Å². The zero-order valence-electron chi connectivity index (χ0n) is 8.99. The number of nitrogens with zero attached hydrogens (tertiary/aromatic N) is 1. The second-order valence-corrected chi connectivity index (χ2v) is 4.16. The molecule has 2 unspecified atom stereocenters. The number of hydrogen-bond acceptors (Lipinski definition) is 3. The van der Waals surface area contributed by atoms with E-state index in [1.165, 1.54) is 6.42 Å². The summed E-state index contributed by atoms with van der Waals surface area (Å²) in [5, 5.41) is 11.9. The van der Waals surface area contributed by atoms with Crippen molar-refractivity contribution in [2.45, 2.75) is 25.3 Å². The summed E-state index contributed by atoms with van der Waals surface area (Å²) in [6, 6.07) is 0.121. The minimum Gasteiger partial charge on any atom is -0.481 e. The van der Waals surface area contributed by atoms with Gasteiger partial charge in [0.25, 0.3) is 0 Å². The summed E-state index contributed by atoms with van der Waals surface area (Å²) in [4.78, 5) is 12.9. The summed E-state index contributed by atoms with van der Waals surface area (Å²) in [6.07, 6.45) is 2.55. The minimum absolute atomic E-state index is 0.121. The summed E-state index contributed by atoms with van der Waals surface area (Å²) in [5.41, 5.74) is 0. The van der Waals surface area contributed by atoms with E-state index in [-0.39, 0.29) is 12.5 Å². The number of carbonyl (C=O) groups is 1. The van der Waals surface area contributed by atoms with Gasteiger partial charge in [-0.3, -0.25) is 4.79 Å². The van der Waals surface area contributed by atoms with E-state index in [2.05, 4.69) is 17.3 Å². The number of likely N-dealkylation sites (tertiary alicyclic amines) is 1. The maximum Gasteiger partial charge on any atom is 0.304 e. The lowest BCUT2D eigenvalue weighted by atomic mass is 9.89. The Morgan fingerprint density at radius 3 is 2.93 bits per heavy atom. The molecule has 82 valence electrons. The largest absolute Gasteiger partial charge is 0.481 e. The molecule has 2 N–H and O–H groups in total. The number of nitrogens with one attached hydrogen (secondary N) is 1. The summed E-state index contributed by atoms with van der Waals surface area (Å²) in [6.45, 7) is 2.15. The lowest BCUT2D eigenvalue weighted by Crippen LogP contribution is -2.44. The van der Waals surface area contributed by atoms with Gasteiger partial charge in [0.2, 0.25) is 0 Å². The first-order valence-corrected chi connectivity index (χ1v) is 5.21. The van der Waals surface area contributed by atoms with E-state index in [4.69, 9.17) is 5.11 Å². The van der Waals surface area contributed by atoms with Gasteiger partial charge in [-0.25, -0.2) is 0 Å². The second-order valence-electron chi connectivity index (χ2n) is 4.16. The molecule has 0 radical (unpaired) electrons. The van der Waals surface area contributed by atoms with E-state index >= 15 is 0 Å². The topological polar surface area (TPSA) is 52.6 Å². The van der Waals surface area contributed by atoms with Crippen LogP contribution in [-0.2, 0) is 4.79 Å². The summed E-state index contributed by atoms with van der Waals surface area (Å²) >= 11 is 0. The number of hydrogen-bond donors (Lipinski definition) is 2. The Labute approximate surface area is 85.3 Å². The number of carboxylic acids is 1. The van der Waals surface area contributed by atoms with Crippen LogP contribution in [0.15, 0.2) is 0 Å². The van der Waals surface area contributed by atoms with E-state index in [9.17, 15) is 4.79 Å². The molecule has 4 heteroatoms. The van der Waals surface area contributed by atoms with Crippen molar-refractivity contribution in [3.63, 3.8) is 0 Å². The van der Waals surface area contributed by atoms with Crippen LogP contribution < -0.4 is 5.32 Å². The number of rotatable bonds is 4. The van der Waals surface area contributed by atoms with E-state index in [0.29, 0.717) is 5.92 Å². The first-order chi connectivity index (χ1) is 6.63. The van der Waals surface area contributed by atoms with E-state index < -0.39 is 5.97 Å². The van der Waals surface area contributed by atoms with Gasteiger partial charge in [0, 0.05) is 12.6 Å². The zero-order valence-corrected chi connectivity index (χ0v) is 8.99. The van der Waals surface area contributed by atoms with E-state index in [0.717, 1.165) is 19.5 Å². The van der Waals surface area contributed by atoms with Crippen LogP contribution in [-0.4, -0.2) is 49.2 Å². The highest BCUT2D eigenvalue weighted by molar-refractivity contribution is 5.67. The fraction of sp³-hybridized carbons (Fsp3) is 0.900. The Bertz CT molecular complexity index is 197. The van der Waals surface area contributed by atoms with Gasteiger partial charge in [-0.2, -0.15) is 0 Å². The molecule has 0 aromatic carbocycles. The number of piperidine rings is 1. The van der Waals surface area contributed by atoms with Gasteiger partial charge in [-0.1, -0.05) is 0 Å². The Morgan fingerprint density at radius 2 is 2.43 bits per heavy atom. The fourth-order valence-corrected chi connectivity index (χ4v) is 2.23. The Hall–Kier alpha value is -0.610. The highest BCUT2D eigenvalue weighted by Crippen LogP contribution is 2.20. The standard InChI is InChI=1S/C10H20N2O2/c1-11-9(6-10(13)14)8-4-3-5-12(2)7-8/h8-9,11H,3-7H2,1-2H3,(H,13,14). The van der Waals surface area contributed by atoms with Crippen molar-refractivity contribution < 1.29 is 9.90 Å². The average Bonchev–Trinajstić information content (AvgIpc) is 2.14. The third-order valence-electron chi connectivity index (χ3n) is 3.00. The molecule has 0 aliphatic carbocycles. The van der Waals surface area contributed by atoms with Crippen molar-refractivity contribution in [1.29, 1.82) is 0 Å². The molecule has 4 nitrogen and oxygen atoms in total. The van der Waals surface area contributed by atoms with Crippen molar-refractivity contribution >= 4 is 5.97 Å². The Morgan fingerprint density at radius 1 is 1.71 bits per heavy atom. The van der Waals surface area contributed by atoms with Gasteiger partial charge >= 0.3 is 5.97 Å². The molecule has 2 atom stereocenters. The summed E-state index contributed by atoms with van der Waals surface area (Å²) < 4.78 is 0. The first kappa shape index (κ1) is 11.5. The molecular weight excluding hydrogens is 180 g/mol. The quantitative estimate of drug-likeness (QED) is 0.689. The van der Waals surface area contributed by atoms with Crippen LogP contribution in [0, 0.1) is 5.92 Å². The third kappa shape index (κ3) is 3.27. The third-order valence-corrected chi connectivity index (χ3v) is 3.00. The fourth-order valence-electron chi connectivity index (χ4n) is 2.23. The maximum absolute atomic E-state index is 10.6. The predicted molar refractivity (Wildman–Crippen MR) is 55.3 cm³/mol. The van der Waals surface area contributed by atoms with Crippen LogP contribution in [0.1, 0.15) is 19.3 Å². The molecule has 0 aromatic rings. The van der Waals surface area contributed by atoms with Crippen LogP contribution in [0.5, 0.6) is 0 Å². The molecule has 1 aliphatic rings. The molecule has 1 rings (SSSR count). The van der Waals surface area contributed by atoms with E-state index in [1.807, 2.05) is 7.05 Å². The van der Waals surface area contributed by atoms with Gasteiger partial charge in [-0.05, 0) is 39.4 Å². The molecule has 14 heavy (non-hydrogen) atoms. The second kappa shape index (κ2) is 5.32. The van der Waals surface area contributed by atoms with Crippen molar-refractivity contribution in [2.75, 3.05) is 27.2 Å². The highest BCUT2D eigenvalue weighted by Gasteiger charge is 2.26. The normalized spacial score (nSPS) is 26.0. The molecular formula is C10H20N2O2. The number of carboxylic acid groups (broad SMARTS) is 1.